The first-order valence-electron chi connectivity index (χ1n) is 5.80. The second-order valence-electron chi connectivity index (χ2n) is 4.35. The quantitative estimate of drug-likeness (QED) is 0.895. The fourth-order valence-corrected chi connectivity index (χ4v) is 3.40. The van der Waals surface area contributed by atoms with Gasteiger partial charge in [-0.15, -0.1) is 22.7 Å². The number of thiazole rings is 1. The van der Waals surface area contributed by atoms with Crippen molar-refractivity contribution >= 4 is 22.7 Å². The summed E-state index contributed by atoms with van der Waals surface area (Å²) in [6.07, 6.45) is 0. The lowest BCUT2D eigenvalue weighted by Crippen LogP contribution is -2.22. The Labute approximate surface area is 111 Å². The minimum Gasteiger partial charge on any atom is -0.301 e. The number of aromatic nitrogens is 1. The molecule has 0 aliphatic carbocycles. The van der Waals surface area contributed by atoms with Gasteiger partial charge in [0.25, 0.3) is 0 Å². The molecule has 0 amide bonds. The van der Waals surface area contributed by atoms with Crippen LogP contribution in [0.1, 0.15) is 46.4 Å². The maximum Gasteiger partial charge on any atom is 0.0898 e. The molecule has 2 nitrogen and oxygen atoms in total. The van der Waals surface area contributed by atoms with Crippen LogP contribution in [-0.4, -0.2) is 4.98 Å². The molecule has 0 fully saturated rings. The van der Waals surface area contributed by atoms with Crippen molar-refractivity contribution in [1.82, 2.24) is 10.3 Å². The minimum atomic E-state index is 0.303. The molecule has 0 saturated heterocycles. The summed E-state index contributed by atoms with van der Waals surface area (Å²) >= 11 is 3.57. The Bertz CT molecular complexity index is 443. The predicted molar refractivity (Wildman–Crippen MR) is 75.9 cm³/mol. The van der Waals surface area contributed by atoms with Gasteiger partial charge in [0.15, 0.2) is 0 Å². The van der Waals surface area contributed by atoms with Crippen LogP contribution < -0.4 is 5.32 Å². The van der Waals surface area contributed by atoms with E-state index in [9.17, 15) is 0 Å². The van der Waals surface area contributed by atoms with Gasteiger partial charge in [0.2, 0.25) is 0 Å². The molecule has 2 aromatic rings. The summed E-state index contributed by atoms with van der Waals surface area (Å²) in [4.78, 5) is 7.28. The third kappa shape index (κ3) is 3.15. The van der Waals surface area contributed by atoms with Crippen molar-refractivity contribution in [1.29, 1.82) is 0 Å². The molecule has 2 heterocycles. The highest BCUT2D eigenvalue weighted by Crippen LogP contribution is 2.25. The largest absolute Gasteiger partial charge is 0.301 e. The van der Waals surface area contributed by atoms with Crippen LogP contribution in [0.15, 0.2) is 17.5 Å². The molecule has 2 atom stereocenters. The lowest BCUT2D eigenvalue weighted by atomic mass is 10.2. The SMILES string of the molecule is Cc1ccc(C(C)NC(C)c2csc(C)n2)s1. The summed E-state index contributed by atoms with van der Waals surface area (Å²) in [6, 6.07) is 5.06. The highest BCUT2D eigenvalue weighted by Gasteiger charge is 2.14. The molecule has 17 heavy (non-hydrogen) atoms. The highest BCUT2D eigenvalue weighted by molar-refractivity contribution is 7.12. The molecule has 92 valence electrons. The first kappa shape index (κ1) is 12.7. The molecule has 2 rings (SSSR count). The van der Waals surface area contributed by atoms with Crippen molar-refractivity contribution in [3.8, 4) is 0 Å². The number of aryl methyl sites for hydroxylation is 2. The number of nitrogens with one attached hydrogen (secondary N) is 1. The van der Waals surface area contributed by atoms with Crippen molar-refractivity contribution in [3.63, 3.8) is 0 Å². The lowest BCUT2D eigenvalue weighted by molar-refractivity contribution is 0.492. The van der Waals surface area contributed by atoms with Gasteiger partial charge in [0, 0.05) is 27.2 Å². The first-order valence-corrected chi connectivity index (χ1v) is 7.50. The van der Waals surface area contributed by atoms with Gasteiger partial charge in [0.1, 0.15) is 0 Å². The summed E-state index contributed by atoms with van der Waals surface area (Å²) in [6.45, 7) is 8.58. The van der Waals surface area contributed by atoms with E-state index in [0.29, 0.717) is 12.1 Å². The number of hydrogen-bond acceptors (Lipinski definition) is 4. The average Bonchev–Trinajstić information content (AvgIpc) is 2.87. The topological polar surface area (TPSA) is 24.9 Å². The summed E-state index contributed by atoms with van der Waals surface area (Å²) in [5.74, 6) is 0. The Morgan fingerprint density at radius 1 is 1.18 bits per heavy atom. The molecule has 4 heteroatoms. The number of thiophene rings is 1. The second-order valence-corrected chi connectivity index (χ2v) is 6.73. The smallest absolute Gasteiger partial charge is 0.0898 e. The first-order chi connectivity index (χ1) is 8.06. The highest BCUT2D eigenvalue weighted by atomic mass is 32.1. The molecule has 0 aromatic carbocycles. The summed E-state index contributed by atoms with van der Waals surface area (Å²) in [5.41, 5.74) is 1.15. The molecule has 2 unspecified atom stereocenters. The molecule has 1 N–H and O–H groups in total. The molecular formula is C13H18N2S2. The third-order valence-electron chi connectivity index (χ3n) is 2.77. The molecule has 2 aromatic heterocycles. The van der Waals surface area contributed by atoms with E-state index in [1.807, 2.05) is 18.3 Å². The van der Waals surface area contributed by atoms with E-state index >= 15 is 0 Å². The maximum absolute atomic E-state index is 4.52. The van der Waals surface area contributed by atoms with Crippen LogP contribution >= 0.6 is 22.7 Å². The standard InChI is InChI=1S/C13H18N2S2/c1-8-5-6-13(17-8)10(3)14-9(2)12-7-16-11(4)15-12/h5-7,9-10,14H,1-4H3. The maximum atomic E-state index is 4.52. The van der Waals surface area contributed by atoms with Crippen molar-refractivity contribution in [2.75, 3.05) is 0 Å². The van der Waals surface area contributed by atoms with E-state index in [1.54, 1.807) is 11.3 Å². The summed E-state index contributed by atoms with van der Waals surface area (Å²) in [7, 11) is 0. The van der Waals surface area contributed by atoms with E-state index in [-0.39, 0.29) is 0 Å². The van der Waals surface area contributed by atoms with Crippen LogP contribution in [0.2, 0.25) is 0 Å². The van der Waals surface area contributed by atoms with E-state index in [1.165, 1.54) is 9.75 Å². The monoisotopic (exact) mass is 266 g/mol. The van der Waals surface area contributed by atoms with Crippen LogP contribution in [0.4, 0.5) is 0 Å². The van der Waals surface area contributed by atoms with Gasteiger partial charge in [-0.3, -0.25) is 0 Å². The van der Waals surface area contributed by atoms with Crippen LogP contribution in [0.25, 0.3) is 0 Å². The predicted octanol–water partition coefficient (Wildman–Crippen LogP) is 4.23. The Hall–Kier alpha value is -0.710. The van der Waals surface area contributed by atoms with Crippen molar-refractivity contribution in [3.05, 3.63) is 38.0 Å². The molecule has 0 radical (unpaired) electrons. The van der Waals surface area contributed by atoms with Crippen molar-refractivity contribution in [2.45, 2.75) is 39.8 Å². The third-order valence-corrected chi connectivity index (χ3v) is 4.74. The fourth-order valence-electron chi connectivity index (χ4n) is 1.81. The zero-order chi connectivity index (χ0) is 12.4. The zero-order valence-corrected chi connectivity index (χ0v) is 12.3. The van der Waals surface area contributed by atoms with Crippen molar-refractivity contribution in [2.24, 2.45) is 0 Å². The van der Waals surface area contributed by atoms with Crippen LogP contribution in [0.5, 0.6) is 0 Å². The van der Waals surface area contributed by atoms with Crippen LogP contribution in [0, 0.1) is 13.8 Å². The van der Waals surface area contributed by atoms with E-state index in [4.69, 9.17) is 0 Å². The van der Waals surface area contributed by atoms with Gasteiger partial charge in [-0.2, -0.15) is 0 Å². The molecular weight excluding hydrogens is 248 g/mol. The van der Waals surface area contributed by atoms with Gasteiger partial charge in [-0.1, -0.05) is 0 Å². The lowest BCUT2D eigenvalue weighted by Gasteiger charge is -2.17. The Morgan fingerprint density at radius 2 is 1.94 bits per heavy atom. The van der Waals surface area contributed by atoms with Gasteiger partial charge in [-0.25, -0.2) is 4.98 Å². The minimum absolute atomic E-state index is 0.303. The van der Waals surface area contributed by atoms with Crippen LogP contribution in [-0.2, 0) is 0 Å². The Balaban J connectivity index is 2.01. The van der Waals surface area contributed by atoms with Gasteiger partial charge >= 0.3 is 0 Å². The fraction of sp³-hybridized carbons (Fsp3) is 0.462. The van der Waals surface area contributed by atoms with E-state index in [2.05, 4.69) is 48.6 Å². The zero-order valence-electron chi connectivity index (χ0n) is 10.7. The second kappa shape index (κ2) is 5.29. The number of rotatable bonds is 4. The van der Waals surface area contributed by atoms with E-state index < -0.39 is 0 Å². The number of hydrogen-bond donors (Lipinski definition) is 1. The summed E-state index contributed by atoms with van der Waals surface area (Å²) < 4.78 is 0. The van der Waals surface area contributed by atoms with Gasteiger partial charge < -0.3 is 5.32 Å². The number of nitrogens with zero attached hydrogens (tertiary/aromatic N) is 1. The van der Waals surface area contributed by atoms with Crippen molar-refractivity contribution < 1.29 is 0 Å². The van der Waals surface area contributed by atoms with Crippen LogP contribution in [0.3, 0.4) is 0 Å². The Morgan fingerprint density at radius 3 is 2.47 bits per heavy atom. The summed E-state index contributed by atoms with van der Waals surface area (Å²) in [5, 5.41) is 6.86. The molecule has 0 aliphatic heterocycles. The molecule has 0 bridgehead atoms. The Kier molecular flexibility index (Phi) is 3.97. The van der Waals surface area contributed by atoms with E-state index in [0.717, 1.165) is 10.7 Å². The normalized spacial score (nSPS) is 14.8. The molecule has 0 saturated carbocycles. The average molecular weight is 266 g/mol. The molecule has 0 spiro atoms. The molecule has 0 aliphatic rings. The van der Waals surface area contributed by atoms with Gasteiger partial charge in [0.05, 0.1) is 10.7 Å². The van der Waals surface area contributed by atoms with Gasteiger partial charge in [-0.05, 0) is 39.8 Å².